The number of benzene rings is 1. The average molecular weight is 476 g/mol. The second kappa shape index (κ2) is 9.24. The number of aromatic nitrogens is 4. The second-order valence-electron chi connectivity index (χ2n) is 9.31. The fourth-order valence-electron chi connectivity index (χ4n) is 4.31. The Hall–Kier alpha value is -3.56. The molecule has 1 saturated heterocycles. The zero-order chi connectivity index (χ0) is 24.6. The second-order valence-corrected chi connectivity index (χ2v) is 9.31. The predicted molar refractivity (Wildman–Crippen MR) is 136 cm³/mol. The lowest BCUT2D eigenvalue weighted by Crippen LogP contribution is -2.46. The van der Waals surface area contributed by atoms with Gasteiger partial charge in [0.2, 0.25) is 5.95 Å². The molecule has 0 bridgehead atoms. The van der Waals surface area contributed by atoms with Crippen molar-refractivity contribution in [3.8, 4) is 5.82 Å². The highest BCUT2D eigenvalue weighted by molar-refractivity contribution is 5.79. The Bertz CT molecular complexity index is 1320. The summed E-state index contributed by atoms with van der Waals surface area (Å²) in [5.74, 6) is 0.394. The molecule has 4 aromatic rings. The number of likely N-dealkylation sites (N-methyl/N-ethyl adjacent to an activating group) is 1. The number of halogens is 1. The summed E-state index contributed by atoms with van der Waals surface area (Å²) in [6, 6.07) is 13.5. The molecule has 4 heterocycles. The van der Waals surface area contributed by atoms with Crippen LogP contribution in [0, 0.1) is 5.82 Å². The molecule has 0 amide bonds. The lowest BCUT2D eigenvalue weighted by molar-refractivity contribution is 0.0738. The molecule has 3 aromatic heterocycles. The van der Waals surface area contributed by atoms with E-state index in [1.807, 2.05) is 12.1 Å². The van der Waals surface area contributed by atoms with Gasteiger partial charge >= 0.3 is 0 Å². The van der Waals surface area contributed by atoms with Crippen LogP contribution in [-0.4, -0.2) is 62.2 Å². The molecule has 5 rings (SSSR count). The fourth-order valence-corrected chi connectivity index (χ4v) is 4.31. The number of rotatable bonds is 6. The zero-order valence-electron chi connectivity index (χ0n) is 20.2. The van der Waals surface area contributed by atoms with Gasteiger partial charge in [0.25, 0.3) is 0 Å². The number of fused-ring (bicyclic) bond motifs is 1. The highest BCUT2D eigenvalue weighted by atomic mass is 19.1. The summed E-state index contributed by atoms with van der Waals surface area (Å²) >= 11 is 0. The van der Waals surface area contributed by atoms with Gasteiger partial charge in [-0.3, -0.25) is 4.57 Å². The van der Waals surface area contributed by atoms with Crippen molar-refractivity contribution < 1.29 is 9.50 Å². The minimum Gasteiger partial charge on any atom is -0.384 e. The average Bonchev–Trinajstić information content (AvgIpc) is 3.20. The lowest BCUT2D eigenvalue weighted by Gasteiger charge is -2.35. The molecule has 0 saturated carbocycles. The Morgan fingerprint density at radius 1 is 1.03 bits per heavy atom. The number of piperazine rings is 1. The number of hydrogen-bond acceptors (Lipinski definition) is 7. The van der Waals surface area contributed by atoms with Gasteiger partial charge < -0.3 is 20.2 Å². The van der Waals surface area contributed by atoms with Crippen LogP contribution >= 0.6 is 0 Å². The molecule has 8 nitrogen and oxygen atoms in total. The van der Waals surface area contributed by atoms with E-state index in [9.17, 15) is 9.50 Å². The van der Waals surface area contributed by atoms with Crippen LogP contribution in [0.2, 0.25) is 0 Å². The maximum absolute atomic E-state index is 14.6. The van der Waals surface area contributed by atoms with Gasteiger partial charge in [0.15, 0.2) is 11.5 Å². The number of nitrogens with zero attached hydrogens (tertiary/aromatic N) is 6. The number of aliphatic hydroxyl groups is 1. The van der Waals surface area contributed by atoms with Crippen molar-refractivity contribution in [2.75, 3.05) is 42.9 Å². The molecule has 1 aliphatic heterocycles. The van der Waals surface area contributed by atoms with Crippen LogP contribution in [0.4, 0.5) is 21.7 Å². The van der Waals surface area contributed by atoms with Crippen molar-refractivity contribution in [1.29, 1.82) is 0 Å². The SMILES string of the molecule is CCN1CCN(c2ccc(Nc3ncc4c(F)cn(-c5cccc(C(C)(C)O)n5)c4n3)cc2)CC1. The first-order valence-corrected chi connectivity index (χ1v) is 11.9. The molecule has 1 fully saturated rings. The van der Waals surface area contributed by atoms with Crippen LogP contribution in [0.3, 0.4) is 0 Å². The number of pyridine rings is 1. The summed E-state index contributed by atoms with van der Waals surface area (Å²) in [7, 11) is 0. The molecule has 35 heavy (non-hydrogen) atoms. The van der Waals surface area contributed by atoms with E-state index in [0.29, 0.717) is 28.5 Å². The van der Waals surface area contributed by atoms with E-state index >= 15 is 0 Å². The van der Waals surface area contributed by atoms with Gasteiger partial charge in [-0.05, 0) is 56.8 Å². The molecule has 0 spiro atoms. The number of anilines is 3. The van der Waals surface area contributed by atoms with Gasteiger partial charge in [-0.15, -0.1) is 0 Å². The Morgan fingerprint density at radius 2 is 1.77 bits per heavy atom. The topological polar surface area (TPSA) is 82.3 Å². The molecule has 1 aliphatic rings. The molecule has 2 N–H and O–H groups in total. The van der Waals surface area contributed by atoms with Gasteiger partial charge in [0.1, 0.15) is 11.4 Å². The molecular formula is C26H30FN7O. The summed E-state index contributed by atoms with van der Waals surface area (Å²) in [5, 5.41) is 13.8. The summed E-state index contributed by atoms with van der Waals surface area (Å²) < 4.78 is 16.2. The quantitative estimate of drug-likeness (QED) is 0.435. The number of hydrogen-bond donors (Lipinski definition) is 2. The Balaban J connectivity index is 1.39. The minimum atomic E-state index is -1.12. The van der Waals surface area contributed by atoms with Gasteiger partial charge in [-0.1, -0.05) is 13.0 Å². The van der Waals surface area contributed by atoms with Gasteiger partial charge in [-0.25, -0.2) is 14.4 Å². The van der Waals surface area contributed by atoms with Gasteiger partial charge in [-0.2, -0.15) is 4.98 Å². The summed E-state index contributed by atoms with van der Waals surface area (Å²) in [5.41, 5.74) is 1.80. The zero-order valence-corrected chi connectivity index (χ0v) is 20.2. The summed E-state index contributed by atoms with van der Waals surface area (Å²) in [6.07, 6.45) is 2.81. The van der Waals surface area contributed by atoms with E-state index in [0.717, 1.165) is 38.4 Å². The number of nitrogens with one attached hydrogen (secondary N) is 1. The maximum atomic E-state index is 14.6. The largest absolute Gasteiger partial charge is 0.384 e. The van der Waals surface area contributed by atoms with Crippen molar-refractivity contribution in [3.05, 3.63) is 66.4 Å². The van der Waals surface area contributed by atoms with Crippen molar-refractivity contribution >= 4 is 28.4 Å². The van der Waals surface area contributed by atoms with Crippen LogP contribution < -0.4 is 10.2 Å². The van der Waals surface area contributed by atoms with Gasteiger partial charge in [0, 0.05) is 49.9 Å². The van der Waals surface area contributed by atoms with Crippen molar-refractivity contribution in [1.82, 2.24) is 24.4 Å². The molecule has 0 radical (unpaired) electrons. The van der Waals surface area contributed by atoms with Crippen LogP contribution in [-0.2, 0) is 5.60 Å². The third-order valence-corrected chi connectivity index (χ3v) is 6.41. The molecule has 0 aliphatic carbocycles. The van der Waals surface area contributed by atoms with Crippen LogP contribution in [0.25, 0.3) is 16.9 Å². The Morgan fingerprint density at radius 3 is 2.46 bits per heavy atom. The smallest absolute Gasteiger partial charge is 0.229 e. The van der Waals surface area contributed by atoms with E-state index in [1.165, 1.54) is 18.1 Å². The van der Waals surface area contributed by atoms with Gasteiger partial charge in [0.05, 0.1) is 11.1 Å². The Kier molecular flexibility index (Phi) is 6.12. The maximum Gasteiger partial charge on any atom is 0.229 e. The van der Waals surface area contributed by atoms with E-state index < -0.39 is 11.4 Å². The first-order valence-electron chi connectivity index (χ1n) is 11.9. The molecule has 0 unspecified atom stereocenters. The molecule has 9 heteroatoms. The molecule has 1 aromatic carbocycles. The van der Waals surface area contributed by atoms with Crippen molar-refractivity contribution in [3.63, 3.8) is 0 Å². The summed E-state index contributed by atoms with van der Waals surface area (Å²) in [6.45, 7) is 10.8. The lowest BCUT2D eigenvalue weighted by atomic mass is 10.1. The third kappa shape index (κ3) is 4.82. The minimum absolute atomic E-state index is 0.299. The highest BCUT2D eigenvalue weighted by Gasteiger charge is 2.20. The third-order valence-electron chi connectivity index (χ3n) is 6.41. The van der Waals surface area contributed by atoms with Crippen LogP contribution in [0.15, 0.2) is 54.9 Å². The fraction of sp³-hybridized carbons (Fsp3) is 0.346. The van der Waals surface area contributed by atoms with Crippen LogP contribution in [0.5, 0.6) is 0 Å². The van der Waals surface area contributed by atoms with E-state index in [1.54, 1.807) is 36.6 Å². The first-order chi connectivity index (χ1) is 16.8. The Labute approximate surface area is 204 Å². The molecule has 0 atom stereocenters. The van der Waals surface area contributed by atoms with E-state index in [4.69, 9.17) is 0 Å². The van der Waals surface area contributed by atoms with E-state index in [-0.39, 0.29) is 0 Å². The normalized spacial score (nSPS) is 15.1. The summed E-state index contributed by atoms with van der Waals surface area (Å²) in [4.78, 5) is 18.2. The monoisotopic (exact) mass is 475 g/mol. The standard InChI is InChI=1S/C26H30FN7O/c1-4-32-12-14-33(15-13-32)19-10-8-18(9-11-19)29-25-28-16-20-21(27)17-34(24(20)31-25)23-7-5-6-22(30-23)26(2,3)35/h5-11,16-17,35H,4,12-15H2,1-3H3,(H,28,29,31). The predicted octanol–water partition coefficient (Wildman–Crippen LogP) is 4.07. The first kappa shape index (κ1) is 23.2. The van der Waals surface area contributed by atoms with Crippen molar-refractivity contribution in [2.24, 2.45) is 0 Å². The van der Waals surface area contributed by atoms with Crippen LogP contribution in [0.1, 0.15) is 26.5 Å². The molecular weight excluding hydrogens is 445 g/mol. The highest BCUT2D eigenvalue weighted by Crippen LogP contribution is 2.26. The van der Waals surface area contributed by atoms with E-state index in [2.05, 4.69) is 49.1 Å². The molecule has 182 valence electrons. The van der Waals surface area contributed by atoms with Crippen molar-refractivity contribution in [2.45, 2.75) is 26.4 Å².